The van der Waals surface area contributed by atoms with Crippen molar-refractivity contribution in [1.82, 2.24) is 9.38 Å². The summed E-state index contributed by atoms with van der Waals surface area (Å²) in [4.78, 5) is 4.42. The van der Waals surface area contributed by atoms with Crippen molar-refractivity contribution in [2.75, 3.05) is 6.54 Å². The number of hydrogen-bond acceptors (Lipinski definition) is 3. The molecule has 0 aliphatic rings. The summed E-state index contributed by atoms with van der Waals surface area (Å²) in [5.74, 6) is 0.944. The van der Waals surface area contributed by atoms with Crippen LogP contribution in [0.1, 0.15) is 17.6 Å². The van der Waals surface area contributed by atoms with Crippen molar-refractivity contribution in [2.45, 2.75) is 13.0 Å². The quantitative estimate of drug-likeness (QED) is 0.728. The standard InChI is InChI=1S/C10H14N4/c1-7-13-10(8(12)6-11)9-4-2-3-5-14(7)9/h2-5,8H,6,11-12H2,1H3. The molecule has 2 aromatic rings. The van der Waals surface area contributed by atoms with Crippen LogP contribution in [0.3, 0.4) is 0 Å². The second-order valence-electron chi connectivity index (χ2n) is 3.34. The molecule has 0 saturated carbocycles. The molecule has 1 atom stereocenters. The molecule has 2 aromatic heterocycles. The molecule has 0 amide bonds. The van der Waals surface area contributed by atoms with Crippen molar-refractivity contribution < 1.29 is 0 Å². The fraction of sp³-hybridized carbons (Fsp3) is 0.300. The van der Waals surface area contributed by atoms with Crippen molar-refractivity contribution >= 4 is 5.52 Å². The highest BCUT2D eigenvalue weighted by Crippen LogP contribution is 2.17. The summed E-state index contributed by atoms with van der Waals surface area (Å²) in [5.41, 5.74) is 13.3. The molecule has 74 valence electrons. The van der Waals surface area contributed by atoms with E-state index in [0.717, 1.165) is 17.0 Å². The third-order valence-electron chi connectivity index (χ3n) is 2.36. The fourth-order valence-corrected chi connectivity index (χ4v) is 1.60. The molecule has 4 N–H and O–H groups in total. The van der Waals surface area contributed by atoms with Gasteiger partial charge in [-0.2, -0.15) is 0 Å². The Hall–Kier alpha value is -1.39. The van der Waals surface area contributed by atoms with Crippen LogP contribution in [-0.4, -0.2) is 15.9 Å². The monoisotopic (exact) mass is 190 g/mol. The molecule has 0 saturated heterocycles. The Morgan fingerprint density at radius 1 is 1.50 bits per heavy atom. The Kier molecular flexibility index (Phi) is 2.23. The highest BCUT2D eigenvalue weighted by Gasteiger charge is 2.12. The normalized spacial score (nSPS) is 13.4. The molecular formula is C10H14N4. The van der Waals surface area contributed by atoms with Crippen LogP contribution >= 0.6 is 0 Å². The zero-order valence-corrected chi connectivity index (χ0v) is 8.14. The summed E-state index contributed by atoms with van der Waals surface area (Å²) < 4.78 is 2.02. The van der Waals surface area contributed by atoms with E-state index in [4.69, 9.17) is 11.5 Å². The zero-order chi connectivity index (χ0) is 10.1. The average Bonchev–Trinajstić information content (AvgIpc) is 2.56. The van der Waals surface area contributed by atoms with Crippen molar-refractivity contribution in [2.24, 2.45) is 11.5 Å². The summed E-state index contributed by atoms with van der Waals surface area (Å²) in [7, 11) is 0. The van der Waals surface area contributed by atoms with Crippen LogP contribution in [0.25, 0.3) is 5.52 Å². The van der Waals surface area contributed by atoms with Gasteiger partial charge in [0.1, 0.15) is 5.82 Å². The summed E-state index contributed by atoms with van der Waals surface area (Å²) in [6, 6.07) is 5.77. The van der Waals surface area contributed by atoms with Crippen LogP contribution in [0.5, 0.6) is 0 Å². The first-order valence-electron chi connectivity index (χ1n) is 4.63. The van der Waals surface area contributed by atoms with Gasteiger partial charge in [-0.25, -0.2) is 4.98 Å². The number of hydrogen-bond donors (Lipinski definition) is 2. The minimum atomic E-state index is -0.180. The molecule has 4 heteroatoms. The van der Waals surface area contributed by atoms with E-state index >= 15 is 0 Å². The maximum absolute atomic E-state index is 5.87. The van der Waals surface area contributed by atoms with Gasteiger partial charge in [-0.1, -0.05) is 6.07 Å². The summed E-state index contributed by atoms with van der Waals surface area (Å²) in [6.45, 7) is 2.38. The van der Waals surface area contributed by atoms with Crippen molar-refractivity contribution in [3.8, 4) is 0 Å². The lowest BCUT2D eigenvalue weighted by molar-refractivity contribution is 0.720. The van der Waals surface area contributed by atoms with Gasteiger partial charge in [-0.3, -0.25) is 0 Å². The number of aromatic nitrogens is 2. The minimum absolute atomic E-state index is 0.180. The number of pyridine rings is 1. The molecule has 0 radical (unpaired) electrons. The van der Waals surface area contributed by atoms with Crippen LogP contribution in [0.15, 0.2) is 24.4 Å². The largest absolute Gasteiger partial charge is 0.329 e. The highest BCUT2D eigenvalue weighted by molar-refractivity contribution is 5.54. The number of aryl methyl sites for hydroxylation is 1. The van der Waals surface area contributed by atoms with Crippen LogP contribution < -0.4 is 11.5 Å². The van der Waals surface area contributed by atoms with Gasteiger partial charge in [0.05, 0.1) is 17.3 Å². The number of rotatable bonds is 2. The molecular weight excluding hydrogens is 176 g/mol. The first kappa shape index (κ1) is 9.18. The maximum atomic E-state index is 5.87. The second kappa shape index (κ2) is 3.40. The minimum Gasteiger partial charge on any atom is -0.329 e. The van der Waals surface area contributed by atoms with Crippen molar-refractivity contribution in [1.29, 1.82) is 0 Å². The number of fused-ring (bicyclic) bond motifs is 1. The Bertz CT molecular complexity index is 446. The Morgan fingerprint density at radius 3 is 3.00 bits per heavy atom. The molecule has 14 heavy (non-hydrogen) atoms. The molecule has 0 spiro atoms. The molecule has 0 aliphatic heterocycles. The van der Waals surface area contributed by atoms with E-state index in [0.29, 0.717) is 6.54 Å². The third kappa shape index (κ3) is 1.29. The van der Waals surface area contributed by atoms with E-state index in [1.807, 2.05) is 35.7 Å². The van der Waals surface area contributed by atoms with Gasteiger partial charge in [0.15, 0.2) is 0 Å². The first-order valence-corrected chi connectivity index (χ1v) is 4.63. The Labute approximate surface area is 82.5 Å². The van der Waals surface area contributed by atoms with Crippen LogP contribution in [-0.2, 0) is 0 Å². The molecule has 0 bridgehead atoms. The van der Waals surface area contributed by atoms with Gasteiger partial charge >= 0.3 is 0 Å². The van der Waals surface area contributed by atoms with E-state index in [2.05, 4.69) is 4.98 Å². The molecule has 0 aliphatic carbocycles. The summed E-state index contributed by atoms with van der Waals surface area (Å²) >= 11 is 0. The second-order valence-corrected chi connectivity index (χ2v) is 3.34. The number of imidazole rings is 1. The predicted octanol–water partition coefficient (Wildman–Crippen LogP) is 0.601. The molecule has 2 rings (SSSR count). The SMILES string of the molecule is Cc1nc(C(N)CN)c2ccccn12. The van der Waals surface area contributed by atoms with Crippen molar-refractivity contribution in [3.63, 3.8) is 0 Å². The molecule has 0 aromatic carbocycles. The summed E-state index contributed by atoms with van der Waals surface area (Å²) in [5, 5.41) is 0. The topological polar surface area (TPSA) is 69.3 Å². The number of nitrogens with two attached hydrogens (primary N) is 2. The van der Waals surface area contributed by atoms with Gasteiger partial charge in [-0.05, 0) is 19.1 Å². The summed E-state index contributed by atoms with van der Waals surface area (Å²) in [6.07, 6.45) is 1.98. The zero-order valence-electron chi connectivity index (χ0n) is 8.14. The van der Waals surface area contributed by atoms with E-state index in [9.17, 15) is 0 Å². The van der Waals surface area contributed by atoms with Gasteiger partial charge < -0.3 is 15.9 Å². The molecule has 4 nitrogen and oxygen atoms in total. The van der Waals surface area contributed by atoms with Gasteiger partial charge in [0.25, 0.3) is 0 Å². The van der Waals surface area contributed by atoms with E-state index < -0.39 is 0 Å². The average molecular weight is 190 g/mol. The van der Waals surface area contributed by atoms with E-state index in [1.165, 1.54) is 0 Å². The lowest BCUT2D eigenvalue weighted by Crippen LogP contribution is -2.21. The molecule has 1 unspecified atom stereocenters. The highest BCUT2D eigenvalue weighted by atomic mass is 15.0. The van der Waals surface area contributed by atoms with Crippen LogP contribution in [0.2, 0.25) is 0 Å². The van der Waals surface area contributed by atoms with Gasteiger partial charge in [-0.15, -0.1) is 0 Å². The van der Waals surface area contributed by atoms with Crippen molar-refractivity contribution in [3.05, 3.63) is 35.9 Å². The molecule has 2 heterocycles. The van der Waals surface area contributed by atoms with Crippen LogP contribution in [0, 0.1) is 6.92 Å². The van der Waals surface area contributed by atoms with Gasteiger partial charge in [0, 0.05) is 12.7 Å². The van der Waals surface area contributed by atoms with Gasteiger partial charge in [0.2, 0.25) is 0 Å². The predicted molar refractivity (Wildman–Crippen MR) is 55.9 cm³/mol. The number of nitrogens with zero attached hydrogens (tertiary/aromatic N) is 2. The Balaban J connectivity index is 2.66. The van der Waals surface area contributed by atoms with E-state index in [1.54, 1.807) is 0 Å². The first-order chi connectivity index (χ1) is 6.74. The Morgan fingerprint density at radius 2 is 2.29 bits per heavy atom. The lowest BCUT2D eigenvalue weighted by Gasteiger charge is -2.04. The fourth-order valence-electron chi connectivity index (χ4n) is 1.60. The van der Waals surface area contributed by atoms with Crippen LogP contribution in [0.4, 0.5) is 0 Å². The molecule has 0 fully saturated rings. The lowest BCUT2D eigenvalue weighted by atomic mass is 10.2. The third-order valence-corrected chi connectivity index (χ3v) is 2.36. The smallest absolute Gasteiger partial charge is 0.110 e. The maximum Gasteiger partial charge on any atom is 0.110 e. The van der Waals surface area contributed by atoms with E-state index in [-0.39, 0.29) is 6.04 Å².